The van der Waals surface area contributed by atoms with Crippen molar-refractivity contribution in [3.63, 3.8) is 0 Å². The standard InChI is InChI=1S/C19H20O6/c1-8-15(21)14-10-6-12-18(25-19(2,3)24-12)13(10)9(7-20)5-11(14)16(22)17(8)23-4/h5,12,18,20H,6-7H2,1-4H3. The van der Waals surface area contributed by atoms with Crippen molar-refractivity contribution in [2.24, 2.45) is 0 Å². The lowest BCUT2D eigenvalue weighted by Gasteiger charge is -2.24. The third-order valence-corrected chi connectivity index (χ3v) is 5.17. The molecule has 25 heavy (non-hydrogen) atoms. The van der Waals surface area contributed by atoms with Crippen LogP contribution >= 0.6 is 0 Å². The molecule has 4 rings (SSSR count). The van der Waals surface area contributed by atoms with Crippen molar-refractivity contribution in [1.29, 1.82) is 0 Å². The maximum atomic E-state index is 12.9. The summed E-state index contributed by atoms with van der Waals surface area (Å²) in [5.41, 5.74) is 3.12. The third-order valence-electron chi connectivity index (χ3n) is 5.17. The van der Waals surface area contributed by atoms with Crippen LogP contribution in [0.4, 0.5) is 0 Å². The van der Waals surface area contributed by atoms with E-state index in [1.807, 2.05) is 13.8 Å². The zero-order valence-corrected chi connectivity index (χ0v) is 14.6. The molecule has 132 valence electrons. The summed E-state index contributed by atoms with van der Waals surface area (Å²) >= 11 is 0. The number of allylic oxidation sites excluding steroid dienone is 2. The van der Waals surface area contributed by atoms with Gasteiger partial charge in [0.1, 0.15) is 6.10 Å². The summed E-state index contributed by atoms with van der Waals surface area (Å²) in [5, 5.41) is 9.84. The van der Waals surface area contributed by atoms with Gasteiger partial charge in [-0.2, -0.15) is 0 Å². The molecule has 1 aromatic carbocycles. The van der Waals surface area contributed by atoms with E-state index in [-0.39, 0.29) is 41.7 Å². The van der Waals surface area contributed by atoms with Crippen LogP contribution in [0.5, 0.6) is 0 Å². The Labute approximate surface area is 145 Å². The molecule has 2 atom stereocenters. The Balaban J connectivity index is 1.94. The first-order valence-electron chi connectivity index (χ1n) is 8.28. The highest BCUT2D eigenvalue weighted by atomic mass is 16.8. The Morgan fingerprint density at radius 3 is 2.64 bits per heavy atom. The molecule has 2 aliphatic carbocycles. The molecule has 0 bridgehead atoms. The number of ether oxygens (including phenoxy) is 3. The van der Waals surface area contributed by atoms with Gasteiger partial charge in [-0.1, -0.05) is 0 Å². The SMILES string of the molecule is COC1=C(C)C(=O)c2c(cc(CO)c3c2CC2OC(C)(C)OC32)C1=O. The van der Waals surface area contributed by atoms with Gasteiger partial charge in [0.2, 0.25) is 5.78 Å². The van der Waals surface area contributed by atoms with E-state index in [2.05, 4.69) is 0 Å². The van der Waals surface area contributed by atoms with Crippen molar-refractivity contribution in [2.75, 3.05) is 7.11 Å². The van der Waals surface area contributed by atoms with Crippen LogP contribution in [0.1, 0.15) is 64.3 Å². The van der Waals surface area contributed by atoms with Crippen LogP contribution in [0.3, 0.4) is 0 Å². The highest BCUT2D eigenvalue weighted by molar-refractivity contribution is 6.26. The van der Waals surface area contributed by atoms with E-state index in [4.69, 9.17) is 14.2 Å². The normalized spacial score (nSPS) is 26.6. The number of carbonyl (C=O) groups is 2. The zero-order valence-electron chi connectivity index (χ0n) is 14.6. The molecule has 3 aliphatic rings. The molecular weight excluding hydrogens is 324 g/mol. The Bertz CT molecular complexity index is 848. The zero-order chi connectivity index (χ0) is 18.1. The van der Waals surface area contributed by atoms with Crippen molar-refractivity contribution in [2.45, 2.75) is 51.8 Å². The van der Waals surface area contributed by atoms with Crippen LogP contribution in [0.25, 0.3) is 0 Å². The van der Waals surface area contributed by atoms with E-state index in [1.165, 1.54) is 7.11 Å². The fraction of sp³-hybridized carbons (Fsp3) is 0.474. The van der Waals surface area contributed by atoms with Crippen LogP contribution in [0, 0.1) is 0 Å². The minimum Gasteiger partial charge on any atom is -0.492 e. The van der Waals surface area contributed by atoms with E-state index in [0.29, 0.717) is 23.1 Å². The number of fused-ring (bicyclic) bond motifs is 5. The van der Waals surface area contributed by atoms with Crippen molar-refractivity contribution >= 4 is 11.6 Å². The van der Waals surface area contributed by atoms with E-state index < -0.39 is 5.79 Å². The third kappa shape index (κ3) is 2.14. The number of hydrogen-bond acceptors (Lipinski definition) is 6. The molecule has 2 unspecified atom stereocenters. The summed E-state index contributed by atoms with van der Waals surface area (Å²) in [4.78, 5) is 25.6. The van der Waals surface area contributed by atoms with Gasteiger partial charge in [-0.25, -0.2) is 0 Å². The molecule has 0 saturated carbocycles. The monoisotopic (exact) mass is 344 g/mol. The van der Waals surface area contributed by atoms with Gasteiger partial charge >= 0.3 is 0 Å². The summed E-state index contributed by atoms with van der Waals surface area (Å²) in [7, 11) is 1.38. The minimum atomic E-state index is -0.714. The first-order valence-corrected chi connectivity index (χ1v) is 8.28. The van der Waals surface area contributed by atoms with Crippen molar-refractivity contribution in [3.8, 4) is 0 Å². The van der Waals surface area contributed by atoms with E-state index in [9.17, 15) is 14.7 Å². The van der Waals surface area contributed by atoms with Crippen molar-refractivity contribution in [3.05, 3.63) is 45.2 Å². The molecule has 1 aliphatic heterocycles. The molecule has 6 nitrogen and oxygen atoms in total. The van der Waals surface area contributed by atoms with Gasteiger partial charge in [-0.15, -0.1) is 0 Å². The molecule has 0 aromatic heterocycles. The molecule has 0 amide bonds. The fourth-order valence-corrected chi connectivity index (χ4v) is 4.21. The Kier molecular flexibility index (Phi) is 3.45. The van der Waals surface area contributed by atoms with E-state index >= 15 is 0 Å². The van der Waals surface area contributed by atoms with Crippen LogP contribution in [0.15, 0.2) is 17.4 Å². The molecule has 0 radical (unpaired) electrons. The van der Waals surface area contributed by atoms with Crippen LogP contribution in [0.2, 0.25) is 0 Å². The largest absolute Gasteiger partial charge is 0.492 e. The van der Waals surface area contributed by atoms with Crippen LogP contribution in [-0.2, 0) is 27.2 Å². The molecule has 1 heterocycles. The summed E-state index contributed by atoms with van der Waals surface area (Å²) in [5.74, 6) is -1.19. The lowest BCUT2D eigenvalue weighted by Crippen LogP contribution is -2.26. The number of benzene rings is 1. The first-order chi connectivity index (χ1) is 11.8. The van der Waals surface area contributed by atoms with Gasteiger partial charge in [-0.05, 0) is 43.5 Å². The van der Waals surface area contributed by atoms with Gasteiger partial charge in [0, 0.05) is 23.1 Å². The van der Waals surface area contributed by atoms with E-state index in [0.717, 1.165) is 11.1 Å². The van der Waals surface area contributed by atoms with Crippen LogP contribution in [-0.4, -0.2) is 35.7 Å². The van der Waals surface area contributed by atoms with Gasteiger partial charge in [-0.3, -0.25) is 9.59 Å². The average Bonchev–Trinajstić information content (AvgIpc) is 3.03. The lowest BCUT2D eigenvalue weighted by atomic mass is 9.82. The van der Waals surface area contributed by atoms with Crippen LogP contribution < -0.4 is 0 Å². The van der Waals surface area contributed by atoms with Gasteiger partial charge in [0.05, 0.1) is 19.8 Å². The predicted octanol–water partition coefficient (Wildman–Crippen LogP) is 2.23. The van der Waals surface area contributed by atoms with Gasteiger partial charge in [0.25, 0.3) is 0 Å². The van der Waals surface area contributed by atoms with Crippen molar-refractivity contribution in [1.82, 2.24) is 0 Å². The number of aliphatic hydroxyl groups excluding tert-OH is 1. The predicted molar refractivity (Wildman–Crippen MR) is 87.2 cm³/mol. The molecule has 0 spiro atoms. The average molecular weight is 344 g/mol. The fourth-order valence-electron chi connectivity index (χ4n) is 4.21. The number of rotatable bonds is 2. The van der Waals surface area contributed by atoms with Gasteiger partial charge in [0.15, 0.2) is 17.3 Å². The molecule has 1 fully saturated rings. The number of carbonyl (C=O) groups excluding carboxylic acids is 2. The molecular formula is C19H20O6. The van der Waals surface area contributed by atoms with Gasteiger partial charge < -0.3 is 19.3 Å². The summed E-state index contributed by atoms with van der Waals surface area (Å²) < 4.78 is 17.1. The van der Waals surface area contributed by atoms with Crippen molar-refractivity contribution < 1.29 is 28.9 Å². The Hall–Kier alpha value is -2.02. The maximum absolute atomic E-state index is 12.9. The number of aliphatic hydroxyl groups is 1. The molecule has 6 heteroatoms. The number of Topliss-reactive ketones (excluding diaryl/α,β-unsaturated/α-hetero) is 2. The molecule has 1 aromatic rings. The second-order valence-corrected chi connectivity index (χ2v) is 7.12. The quantitative estimate of drug-likeness (QED) is 0.886. The Morgan fingerprint density at radius 1 is 1.28 bits per heavy atom. The van der Waals surface area contributed by atoms with E-state index in [1.54, 1.807) is 13.0 Å². The topological polar surface area (TPSA) is 82.1 Å². The number of methoxy groups -OCH3 is 1. The highest BCUT2D eigenvalue weighted by Gasteiger charge is 2.50. The second kappa shape index (κ2) is 5.24. The Morgan fingerprint density at radius 2 is 2.00 bits per heavy atom. The number of hydrogen-bond donors (Lipinski definition) is 1. The minimum absolute atomic E-state index is 0.0631. The maximum Gasteiger partial charge on any atom is 0.228 e. The molecule has 1 N–H and O–H groups in total. The lowest BCUT2D eigenvalue weighted by molar-refractivity contribution is -0.148. The molecule has 1 saturated heterocycles. The summed E-state index contributed by atoms with van der Waals surface area (Å²) in [6.45, 7) is 5.04. The number of ketones is 2. The smallest absolute Gasteiger partial charge is 0.228 e. The first kappa shape index (κ1) is 16.4. The summed E-state index contributed by atoms with van der Waals surface area (Å²) in [6, 6.07) is 1.59. The highest BCUT2D eigenvalue weighted by Crippen LogP contribution is 2.49. The summed E-state index contributed by atoms with van der Waals surface area (Å²) in [6.07, 6.45) is -0.0833. The second-order valence-electron chi connectivity index (χ2n) is 7.12.